The number of sulfone groups is 1. The van der Waals surface area contributed by atoms with Gasteiger partial charge in [0.15, 0.2) is 9.84 Å². The lowest BCUT2D eigenvalue weighted by Crippen LogP contribution is -2.52. The average Bonchev–Trinajstić information content (AvgIpc) is 1.83. The maximum Gasteiger partial charge on any atom is 0.153 e. The minimum Gasteiger partial charge on any atom is -0.329 e. The molecule has 4 nitrogen and oxygen atoms in total. The van der Waals surface area contributed by atoms with E-state index in [-0.39, 0.29) is 6.04 Å². The number of hydrogen-bond acceptors (Lipinski definition) is 4. The highest BCUT2D eigenvalue weighted by atomic mass is 32.2. The highest BCUT2D eigenvalue weighted by Crippen LogP contribution is 2.14. The first-order valence-electron chi connectivity index (χ1n) is 3.66. The molecule has 5 heteroatoms. The van der Waals surface area contributed by atoms with Crippen LogP contribution in [0.15, 0.2) is 0 Å². The van der Waals surface area contributed by atoms with Crippen LogP contribution in [0.5, 0.6) is 0 Å². The molecule has 1 saturated heterocycles. The van der Waals surface area contributed by atoms with Gasteiger partial charge in [-0.25, -0.2) is 8.42 Å². The summed E-state index contributed by atoms with van der Waals surface area (Å²) in [4.78, 5) is 2.00. The molecule has 0 aromatic heterocycles. The Labute approximate surface area is 67.3 Å². The standard InChI is InChI=1S/C6H14N2O2S/c1-8(3-2-7)6-4-11(9,10)5-6/h6H,2-5,7H2,1H3. The molecule has 66 valence electrons. The first-order chi connectivity index (χ1) is 5.05. The van der Waals surface area contributed by atoms with Crippen LogP contribution in [0.25, 0.3) is 0 Å². The van der Waals surface area contributed by atoms with Gasteiger partial charge in [0.1, 0.15) is 0 Å². The summed E-state index contributed by atoms with van der Waals surface area (Å²) in [5.41, 5.74) is 5.32. The Kier molecular flexibility index (Phi) is 2.51. The molecule has 0 aromatic rings. The van der Waals surface area contributed by atoms with Gasteiger partial charge in [0.05, 0.1) is 11.5 Å². The lowest BCUT2D eigenvalue weighted by atomic mass is 10.3. The molecule has 2 N–H and O–H groups in total. The van der Waals surface area contributed by atoms with Crippen LogP contribution < -0.4 is 5.73 Å². The summed E-state index contributed by atoms with van der Waals surface area (Å²) in [5.74, 6) is 0.618. The Balaban J connectivity index is 2.32. The summed E-state index contributed by atoms with van der Waals surface area (Å²) in [6.45, 7) is 1.37. The molecule has 1 heterocycles. The number of hydrogen-bond donors (Lipinski definition) is 1. The van der Waals surface area contributed by atoms with Crippen molar-refractivity contribution in [3.8, 4) is 0 Å². The maximum absolute atomic E-state index is 10.7. The predicted molar refractivity (Wildman–Crippen MR) is 44.1 cm³/mol. The Bertz CT molecular complexity index is 213. The van der Waals surface area contributed by atoms with Gasteiger partial charge in [-0.1, -0.05) is 0 Å². The molecule has 0 saturated carbocycles. The van der Waals surface area contributed by atoms with Crippen LogP contribution in [0.2, 0.25) is 0 Å². The zero-order valence-electron chi connectivity index (χ0n) is 6.66. The Morgan fingerprint density at radius 1 is 1.55 bits per heavy atom. The summed E-state index contributed by atoms with van der Waals surface area (Å²) >= 11 is 0. The van der Waals surface area contributed by atoms with Gasteiger partial charge in [0, 0.05) is 19.1 Å². The number of nitrogens with zero attached hydrogens (tertiary/aromatic N) is 1. The third kappa shape index (κ3) is 2.15. The van der Waals surface area contributed by atoms with Crippen LogP contribution in [-0.4, -0.2) is 51.0 Å². The molecule has 0 bridgehead atoms. The van der Waals surface area contributed by atoms with Crippen molar-refractivity contribution in [3.05, 3.63) is 0 Å². The highest BCUT2D eigenvalue weighted by Gasteiger charge is 2.35. The van der Waals surface area contributed by atoms with E-state index in [0.29, 0.717) is 18.1 Å². The van der Waals surface area contributed by atoms with Gasteiger partial charge >= 0.3 is 0 Å². The lowest BCUT2D eigenvalue weighted by Gasteiger charge is -2.33. The first-order valence-corrected chi connectivity index (χ1v) is 5.48. The van der Waals surface area contributed by atoms with Crippen molar-refractivity contribution in [2.75, 3.05) is 31.6 Å². The molecule has 1 rings (SSSR count). The summed E-state index contributed by atoms with van der Waals surface area (Å²) in [6.07, 6.45) is 0. The third-order valence-electron chi connectivity index (χ3n) is 2.00. The summed E-state index contributed by atoms with van der Waals surface area (Å²) in [7, 11) is -0.768. The van der Waals surface area contributed by atoms with E-state index in [1.54, 1.807) is 0 Å². The Morgan fingerprint density at radius 2 is 2.09 bits per heavy atom. The van der Waals surface area contributed by atoms with E-state index in [1.807, 2.05) is 11.9 Å². The second kappa shape index (κ2) is 3.08. The molecule has 0 radical (unpaired) electrons. The van der Waals surface area contributed by atoms with Crippen LogP contribution in [0, 0.1) is 0 Å². The van der Waals surface area contributed by atoms with Crippen molar-refractivity contribution >= 4 is 9.84 Å². The molecule has 11 heavy (non-hydrogen) atoms. The number of rotatable bonds is 3. The largest absolute Gasteiger partial charge is 0.329 e. The maximum atomic E-state index is 10.7. The molecule has 1 aliphatic heterocycles. The van der Waals surface area contributed by atoms with Crippen molar-refractivity contribution in [1.82, 2.24) is 4.90 Å². The van der Waals surface area contributed by atoms with Crippen molar-refractivity contribution < 1.29 is 8.42 Å². The van der Waals surface area contributed by atoms with Gasteiger partial charge in [-0.3, -0.25) is 0 Å². The van der Waals surface area contributed by atoms with E-state index in [9.17, 15) is 8.42 Å². The SMILES string of the molecule is CN(CCN)C1CS(=O)(=O)C1. The molecule has 0 aliphatic carbocycles. The van der Waals surface area contributed by atoms with E-state index in [2.05, 4.69) is 0 Å². The average molecular weight is 178 g/mol. The van der Waals surface area contributed by atoms with Crippen LogP contribution >= 0.6 is 0 Å². The van der Waals surface area contributed by atoms with Gasteiger partial charge < -0.3 is 10.6 Å². The van der Waals surface area contributed by atoms with E-state index in [0.717, 1.165) is 6.54 Å². The predicted octanol–water partition coefficient (Wildman–Crippen LogP) is -1.33. The second-order valence-corrected chi connectivity index (χ2v) is 5.15. The monoisotopic (exact) mass is 178 g/mol. The van der Waals surface area contributed by atoms with Gasteiger partial charge in [0.25, 0.3) is 0 Å². The van der Waals surface area contributed by atoms with Crippen molar-refractivity contribution in [3.63, 3.8) is 0 Å². The third-order valence-corrected chi connectivity index (χ3v) is 3.78. The highest BCUT2D eigenvalue weighted by molar-refractivity contribution is 7.92. The van der Waals surface area contributed by atoms with Crippen LogP contribution in [0.1, 0.15) is 0 Å². The number of likely N-dealkylation sites (N-methyl/N-ethyl adjacent to an activating group) is 1. The van der Waals surface area contributed by atoms with E-state index < -0.39 is 9.84 Å². The molecule has 0 atom stereocenters. The molecular weight excluding hydrogens is 164 g/mol. The van der Waals surface area contributed by atoms with Crippen molar-refractivity contribution in [1.29, 1.82) is 0 Å². The molecule has 0 unspecified atom stereocenters. The zero-order chi connectivity index (χ0) is 8.48. The lowest BCUT2D eigenvalue weighted by molar-refractivity contribution is 0.270. The van der Waals surface area contributed by atoms with Crippen LogP contribution in [0.3, 0.4) is 0 Å². The molecular formula is C6H14N2O2S. The normalized spacial score (nSPS) is 23.5. The Morgan fingerprint density at radius 3 is 2.45 bits per heavy atom. The van der Waals surface area contributed by atoms with Gasteiger partial charge in [-0.2, -0.15) is 0 Å². The van der Waals surface area contributed by atoms with Gasteiger partial charge in [0.2, 0.25) is 0 Å². The fourth-order valence-corrected chi connectivity index (χ4v) is 2.76. The van der Waals surface area contributed by atoms with Crippen molar-refractivity contribution in [2.24, 2.45) is 5.73 Å². The zero-order valence-corrected chi connectivity index (χ0v) is 7.47. The second-order valence-electron chi connectivity index (χ2n) is 3.00. The topological polar surface area (TPSA) is 63.4 Å². The molecule has 1 fully saturated rings. The summed E-state index contributed by atoms with van der Waals surface area (Å²) < 4.78 is 21.5. The van der Waals surface area contributed by atoms with Crippen LogP contribution in [0.4, 0.5) is 0 Å². The Hall–Kier alpha value is -0.130. The smallest absolute Gasteiger partial charge is 0.153 e. The summed E-state index contributed by atoms with van der Waals surface area (Å²) in [5, 5.41) is 0. The number of nitrogens with two attached hydrogens (primary N) is 1. The van der Waals surface area contributed by atoms with Crippen molar-refractivity contribution in [2.45, 2.75) is 6.04 Å². The van der Waals surface area contributed by atoms with E-state index in [1.165, 1.54) is 0 Å². The first kappa shape index (κ1) is 8.96. The fraction of sp³-hybridized carbons (Fsp3) is 1.00. The van der Waals surface area contributed by atoms with Gasteiger partial charge in [-0.15, -0.1) is 0 Å². The molecule has 0 amide bonds. The quantitative estimate of drug-likeness (QED) is 0.582. The summed E-state index contributed by atoms with van der Waals surface area (Å²) in [6, 6.07) is 0.212. The molecule has 0 aromatic carbocycles. The van der Waals surface area contributed by atoms with E-state index in [4.69, 9.17) is 5.73 Å². The minimum absolute atomic E-state index is 0.212. The van der Waals surface area contributed by atoms with Gasteiger partial charge in [-0.05, 0) is 7.05 Å². The fourth-order valence-electron chi connectivity index (χ4n) is 1.18. The van der Waals surface area contributed by atoms with E-state index >= 15 is 0 Å². The van der Waals surface area contributed by atoms with Crippen LogP contribution in [-0.2, 0) is 9.84 Å². The molecule has 1 aliphatic rings. The minimum atomic E-state index is -2.68. The molecule has 0 spiro atoms.